The molecule has 0 bridgehead atoms. The summed E-state index contributed by atoms with van der Waals surface area (Å²) in [6.07, 6.45) is 0. The van der Waals surface area contributed by atoms with Crippen LogP contribution in [0.5, 0.6) is 0 Å². The topological polar surface area (TPSA) is 28.7 Å². The van der Waals surface area contributed by atoms with Crippen molar-refractivity contribution >= 4 is 39.7 Å². The average molecular weight is 376 g/mol. The van der Waals surface area contributed by atoms with Gasteiger partial charge in [-0.2, -0.15) is 0 Å². The fourth-order valence-corrected chi connectivity index (χ4v) is 2.48. The van der Waals surface area contributed by atoms with Crippen molar-refractivity contribution in [1.29, 1.82) is 0 Å². The Morgan fingerprint density at radius 2 is 2.05 bits per heavy atom. The number of nitrogens with zero attached hydrogens (tertiary/aromatic N) is 1. The van der Waals surface area contributed by atoms with Crippen molar-refractivity contribution in [3.8, 4) is 11.3 Å². The van der Waals surface area contributed by atoms with Crippen molar-refractivity contribution in [2.24, 2.45) is 0 Å². The van der Waals surface area contributed by atoms with E-state index in [4.69, 9.17) is 23.8 Å². The Morgan fingerprint density at radius 1 is 1.40 bits per heavy atom. The first-order valence-electron chi connectivity index (χ1n) is 6.07. The Bertz CT molecular complexity index is 728. The predicted molar refractivity (Wildman–Crippen MR) is 86.4 cm³/mol. The lowest BCUT2D eigenvalue weighted by atomic mass is 10.1. The second-order valence-electron chi connectivity index (χ2n) is 4.80. The highest BCUT2D eigenvalue weighted by atomic mass is 79.9. The lowest BCUT2D eigenvalue weighted by Crippen LogP contribution is -2.03. The van der Waals surface area contributed by atoms with E-state index in [1.165, 1.54) is 0 Å². The predicted octanol–water partition coefficient (Wildman–Crippen LogP) is 5.79. The molecule has 0 atom stereocenters. The van der Waals surface area contributed by atoms with Crippen LogP contribution in [0.4, 0.5) is 4.39 Å². The molecular formula is C14H13BrClFN2S. The molecule has 0 saturated carbocycles. The highest BCUT2D eigenvalue weighted by Crippen LogP contribution is 2.34. The van der Waals surface area contributed by atoms with Crippen LogP contribution in [0.25, 0.3) is 11.3 Å². The van der Waals surface area contributed by atoms with E-state index in [2.05, 4.69) is 25.9 Å². The molecule has 0 aliphatic heterocycles. The SMILES string of the molecule is Cc1c(-c2ccc(Br)c(Cl)c2F)[nH]c(C(C)C)nc1=S. The summed E-state index contributed by atoms with van der Waals surface area (Å²) in [5.74, 6) is 0.426. The average Bonchev–Trinajstić information content (AvgIpc) is 2.39. The standard InChI is InChI=1S/C14H13BrClFN2S/c1-6(2)13-18-12(7(3)14(20)19-13)8-4-5-9(15)10(16)11(8)17/h4-6H,1-3H3,(H,18,19,20). The molecule has 1 N–H and O–H groups in total. The van der Waals surface area contributed by atoms with Crippen LogP contribution in [-0.4, -0.2) is 9.97 Å². The molecule has 0 amide bonds. The molecule has 6 heteroatoms. The van der Waals surface area contributed by atoms with Crippen molar-refractivity contribution < 1.29 is 4.39 Å². The maximum Gasteiger partial charge on any atom is 0.152 e. The molecule has 20 heavy (non-hydrogen) atoms. The molecule has 0 spiro atoms. The van der Waals surface area contributed by atoms with Gasteiger partial charge in [-0.3, -0.25) is 0 Å². The molecule has 0 radical (unpaired) electrons. The first kappa shape index (κ1) is 15.6. The smallest absolute Gasteiger partial charge is 0.152 e. The fourth-order valence-electron chi connectivity index (χ4n) is 1.81. The summed E-state index contributed by atoms with van der Waals surface area (Å²) in [5, 5.41) is 0.0594. The van der Waals surface area contributed by atoms with Gasteiger partial charge in [-0.1, -0.05) is 37.7 Å². The second kappa shape index (κ2) is 5.92. The summed E-state index contributed by atoms with van der Waals surface area (Å²) >= 11 is 14.4. The van der Waals surface area contributed by atoms with Gasteiger partial charge in [0.15, 0.2) is 5.82 Å². The summed E-state index contributed by atoms with van der Waals surface area (Å²) in [7, 11) is 0. The number of benzene rings is 1. The van der Waals surface area contributed by atoms with Crippen LogP contribution in [0, 0.1) is 17.4 Å². The van der Waals surface area contributed by atoms with Gasteiger partial charge < -0.3 is 4.98 Å². The number of nitrogens with one attached hydrogen (secondary N) is 1. The van der Waals surface area contributed by atoms with Crippen LogP contribution in [0.2, 0.25) is 5.02 Å². The Labute approximate surface area is 135 Å². The number of halogens is 3. The zero-order valence-electron chi connectivity index (χ0n) is 11.2. The summed E-state index contributed by atoms with van der Waals surface area (Å²) < 4.78 is 15.4. The fraction of sp³-hybridized carbons (Fsp3) is 0.286. The summed E-state index contributed by atoms with van der Waals surface area (Å²) in [4.78, 5) is 7.49. The van der Waals surface area contributed by atoms with E-state index in [1.807, 2.05) is 20.8 Å². The molecule has 1 heterocycles. The molecular weight excluding hydrogens is 363 g/mol. The van der Waals surface area contributed by atoms with E-state index in [0.717, 1.165) is 11.4 Å². The molecule has 0 unspecified atom stereocenters. The van der Waals surface area contributed by atoms with Crippen molar-refractivity contribution in [3.05, 3.63) is 43.5 Å². The van der Waals surface area contributed by atoms with Crippen LogP contribution in [0.1, 0.15) is 31.2 Å². The number of H-pyrrole nitrogens is 1. The van der Waals surface area contributed by atoms with E-state index in [9.17, 15) is 4.39 Å². The van der Waals surface area contributed by atoms with Crippen LogP contribution in [-0.2, 0) is 0 Å². The number of hydrogen-bond donors (Lipinski definition) is 1. The highest BCUT2D eigenvalue weighted by molar-refractivity contribution is 9.10. The number of rotatable bonds is 2. The van der Waals surface area contributed by atoms with Gasteiger partial charge in [0, 0.05) is 21.5 Å². The van der Waals surface area contributed by atoms with Crippen LogP contribution in [0.3, 0.4) is 0 Å². The lowest BCUT2D eigenvalue weighted by Gasteiger charge is -2.13. The molecule has 2 rings (SSSR count). The van der Waals surface area contributed by atoms with E-state index in [0.29, 0.717) is 20.4 Å². The third-order valence-electron chi connectivity index (χ3n) is 3.02. The van der Waals surface area contributed by atoms with Gasteiger partial charge in [0.1, 0.15) is 10.5 Å². The maximum absolute atomic E-state index is 14.4. The molecule has 0 fully saturated rings. The minimum atomic E-state index is -0.476. The summed E-state index contributed by atoms with van der Waals surface area (Å²) in [5.41, 5.74) is 1.76. The van der Waals surface area contributed by atoms with Crippen LogP contribution < -0.4 is 0 Å². The quantitative estimate of drug-likeness (QED) is 0.531. The maximum atomic E-state index is 14.4. The van der Waals surface area contributed by atoms with Gasteiger partial charge in [0.05, 0.1) is 10.7 Å². The van der Waals surface area contributed by atoms with Gasteiger partial charge in [-0.05, 0) is 35.0 Å². The van der Waals surface area contributed by atoms with Gasteiger partial charge in [-0.25, -0.2) is 9.37 Å². The van der Waals surface area contributed by atoms with E-state index >= 15 is 0 Å². The van der Waals surface area contributed by atoms with Crippen molar-refractivity contribution in [1.82, 2.24) is 9.97 Å². The second-order valence-corrected chi connectivity index (χ2v) is 6.42. The zero-order chi connectivity index (χ0) is 15.0. The van der Waals surface area contributed by atoms with Crippen molar-refractivity contribution in [3.63, 3.8) is 0 Å². The van der Waals surface area contributed by atoms with Crippen molar-refractivity contribution in [2.75, 3.05) is 0 Å². The summed E-state index contributed by atoms with van der Waals surface area (Å²) in [6.45, 7) is 5.82. The van der Waals surface area contributed by atoms with Gasteiger partial charge in [0.2, 0.25) is 0 Å². The highest BCUT2D eigenvalue weighted by Gasteiger charge is 2.16. The van der Waals surface area contributed by atoms with E-state index in [1.54, 1.807) is 12.1 Å². The third kappa shape index (κ3) is 2.80. The zero-order valence-corrected chi connectivity index (χ0v) is 14.4. The molecule has 0 saturated heterocycles. The summed E-state index contributed by atoms with van der Waals surface area (Å²) in [6, 6.07) is 3.38. The molecule has 0 aliphatic carbocycles. The Kier molecular flexibility index (Phi) is 4.62. The molecule has 1 aromatic heterocycles. The molecule has 2 aromatic rings. The van der Waals surface area contributed by atoms with Gasteiger partial charge in [0.25, 0.3) is 0 Å². The minimum Gasteiger partial charge on any atom is -0.343 e. The van der Waals surface area contributed by atoms with E-state index < -0.39 is 5.82 Å². The van der Waals surface area contributed by atoms with Gasteiger partial charge >= 0.3 is 0 Å². The first-order chi connectivity index (χ1) is 9.32. The Morgan fingerprint density at radius 3 is 2.65 bits per heavy atom. The van der Waals surface area contributed by atoms with Gasteiger partial charge in [-0.15, -0.1) is 0 Å². The van der Waals surface area contributed by atoms with Crippen LogP contribution in [0.15, 0.2) is 16.6 Å². The number of aromatic nitrogens is 2. The normalized spacial score (nSPS) is 11.2. The molecule has 1 aromatic carbocycles. The molecule has 2 nitrogen and oxygen atoms in total. The third-order valence-corrected chi connectivity index (χ3v) is 4.68. The largest absolute Gasteiger partial charge is 0.343 e. The monoisotopic (exact) mass is 374 g/mol. The molecule has 106 valence electrons. The molecule has 0 aliphatic rings. The Balaban J connectivity index is 2.76. The minimum absolute atomic E-state index is 0.0594. The Hall–Kier alpha value is -0.780. The lowest BCUT2D eigenvalue weighted by molar-refractivity contribution is 0.629. The first-order valence-corrected chi connectivity index (χ1v) is 7.65. The van der Waals surface area contributed by atoms with Crippen molar-refractivity contribution in [2.45, 2.75) is 26.7 Å². The van der Waals surface area contributed by atoms with Crippen LogP contribution >= 0.6 is 39.7 Å². The number of aromatic amines is 1. The van der Waals surface area contributed by atoms with E-state index in [-0.39, 0.29) is 10.9 Å². The number of hydrogen-bond acceptors (Lipinski definition) is 2.